The van der Waals surface area contributed by atoms with Crippen LogP contribution in [0.4, 0.5) is 0 Å². The summed E-state index contributed by atoms with van der Waals surface area (Å²) in [6.45, 7) is 0. The first-order chi connectivity index (χ1) is 12.8. The number of fused-ring (bicyclic) bond motifs is 2. The first-order valence-electron chi connectivity index (χ1n) is 8.38. The van der Waals surface area contributed by atoms with E-state index in [9.17, 15) is 0 Å². The third kappa shape index (κ3) is 2.63. The molecule has 0 saturated heterocycles. The maximum Gasteiger partial charge on any atom is 0.182 e. The van der Waals surface area contributed by atoms with Gasteiger partial charge in [0.25, 0.3) is 0 Å². The lowest BCUT2D eigenvalue weighted by molar-refractivity contribution is 0.966. The minimum absolute atomic E-state index is 0.724. The van der Waals surface area contributed by atoms with Crippen LogP contribution in [-0.2, 0) is 0 Å². The third-order valence-electron chi connectivity index (χ3n) is 4.50. The molecule has 0 aliphatic carbocycles. The molecule has 0 unspecified atom stereocenters. The first kappa shape index (κ1) is 15.1. The molecule has 2 heterocycles. The molecule has 0 fully saturated rings. The summed E-state index contributed by atoms with van der Waals surface area (Å²) in [5.74, 6) is 0.724. The number of aromatic nitrogens is 3. The van der Waals surface area contributed by atoms with E-state index in [2.05, 4.69) is 40.4 Å². The van der Waals surface area contributed by atoms with Crippen molar-refractivity contribution in [1.29, 1.82) is 0 Å². The molecule has 5 aromatic rings. The maximum atomic E-state index is 6.14. The molecule has 4 heteroatoms. The fourth-order valence-corrected chi connectivity index (χ4v) is 3.37. The summed E-state index contributed by atoms with van der Waals surface area (Å²) in [6.07, 6.45) is 1.91. The second-order valence-corrected chi connectivity index (χ2v) is 6.66. The van der Waals surface area contributed by atoms with Crippen molar-refractivity contribution in [1.82, 2.24) is 14.6 Å². The zero-order valence-electron chi connectivity index (χ0n) is 13.8. The van der Waals surface area contributed by atoms with E-state index in [4.69, 9.17) is 11.6 Å². The van der Waals surface area contributed by atoms with Gasteiger partial charge in [-0.1, -0.05) is 54.1 Å². The Morgan fingerprint density at radius 1 is 0.692 bits per heavy atom. The average Bonchev–Trinajstić information content (AvgIpc) is 3.12. The van der Waals surface area contributed by atoms with E-state index in [0.29, 0.717) is 0 Å². The standard InChI is InChI=1S/C22H14ClN3/c23-20-10-9-15-7-8-17(13-19(15)14-20)16-4-3-5-18(12-16)22-24-21-6-1-2-11-26(21)25-22/h1-14H. The van der Waals surface area contributed by atoms with E-state index in [1.54, 1.807) is 4.52 Å². The summed E-state index contributed by atoms with van der Waals surface area (Å²) in [6, 6.07) is 26.5. The fourth-order valence-electron chi connectivity index (χ4n) is 3.19. The molecule has 3 nitrogen and oxygen atoms in total. The lowest BCUT2D eigenvalue weighted by Crippen LogP contribution is -1.86. The molecule has 0 N–H and O–H groups in total. The van der Waals surface area contributed by atoms with Crippen molar-refractivity contribution in [3.63, 3.8) is 0 Å². The quantitative estimate of drug-likeness (QED) is 0.396. The van der Waals surface area contributed by atoms with Gasteiger partial charge in [-0.2, -0.15) is 0 Å². The highest BCUT2D eigenvalue weighted by Gasteiger charge is 2.08. The van der Waals surface area contributed by atoms with Gasteiger partial charge in [0.05, 0.1) is 0 Å². The predicted molar refractivity (Wildman–Crippen MR) is 106 cm³/mol. The van der Waals surface area contributed by atoms with Crippen LogP contribution in [-0.4, -0.2) is 14.6 Å². The van der Waals surface area contributed by atoms with E-state index < -0.39 is 0 Å². The zero-order valence-corrected chi connectivity index (χ0v) is 14.6. The van der Waals surface area contributed by atoms with E-state index in [-0.39, 0.29) is 0 Å². The van der Waals surface area contributed by atoms with Crippen LogP contribution in [0.3, 0.4) is 0 Å². The number of nitrogens with zero attached hydrogens (tertiary/aromatic N) is 3. The lowest BCUT2D eigenvalue weighted by atomic mass is 9.99. The van der Waals surface area contributed by atoms with Gasteiger partial charge >= 0.3 is 0 Å². The van der Waals surface area contributed by atoms with Gasteiger partial charge < -0.3 is 0 Å². The number of rotatable bonds is 2. The van der Waals surface area contributed by atoms with Crippen molar-refractivity contribution >= 4 is 28.0 Å². The smallest absolute Gasteiger partial charge is 0.182 e. The minimum Gasteiger partial charge on any atom is -0.221 e. The highest BCUT2D eigenvalue weighted by Crippen LogP contribution is 2.29. The summed E-state index contributed by atoms with van der Waals surface area (Å²) < 4.78 is 1.79. The number of pyridine rings is 1. The molecule has 124 valence electrons. The lowest BCUT2D eigenvalue weighted by Gasteiger charge is -2.06. The van der Waals surface area contributed by atoms with Gasteiger partial charge in [0.15, 0.2) is 11.5 Å². The largest absolute Gasteiger partial charge is 0.221 e. The molecule has 5 rings (SSSR count). The number of halogens is 1. The second kappa shape index (κ2) is 5.97. The zero-order chi connectivity index (χ0) is 17.5. The predicted octanol–water partition coefficient (Wildman–Crippen LogP) is 5.87. The molecule has 0 bridgehead atoms. The van der Waals surface area contributed by atoms with Crippen LogP contribution in [0, 0.1) is 0 Å². The van der Waals surface area contributed by atoms with Gasteiger partial charge in [-0.3, -0.25) is 0 Å². The summed E-state index contributed by atoms with van der Waals surface area (Å²) in [7, 11) is 0. The Morgan fingerprint density at radius 3 is 2.46 bits per heavy atom. The molecule has 3 aromatic carbocycles. The molecule has 0 aliphatic heterocycles. The van der Waals surface area contributed by atoms with Crippen molar-refractivity contribution in [3.8, 4) is 22.5 Å². The molecule has 0 saturated carbocycles. The van der Waals surface area contributed by atoms with Crippen LogP contribution < -0.4 is 0 Å². The monoisotopic (exact) mass is 355 g/mol. The Labute approximate surface area is 155 Å². The SMILES string of the molecule is Clc1ccc2ccc(-c3cccc(-c4nc5ccccn5n4)c3)cc2c1. The summed E-state index contributed by atoms with van der Waals surface area (Å²) in [5, 5.41) is 7.62. The van der Waals surface area contributed by atoms with E-state index in [1.807, 2.05) is 54.7 Å². The summed E-state index contributed by atoms with van der Waals surface area (Å²) >= 11 is 6.14. The Bertz CT molecular complexity index is 1220. The molecule has 2 aromatic heterocycles. The molecule has 0 amide bonds. The van der Waals surface area contributed by atoms with Gasteiger partial charge in [-0.05, 0) is 58.3 Å². The Balaban J connectivity index is 1.61. The van der Waals surface area contributed by atoms with Crippen LogP contribution in [0.5, 0.6) is 0 Å². The topological polar surface area (TPSA) is 30.2 Å². The van der Waals surface area contributed by atoms with E-state index in [0.717, 1.165) is 38.6 Å². The normalized spacial score (nSPS) is 11.3. The number of hydrogen-bond acceptors (Lipinski definition) is 2. The van der Waals surface area contributed by atoms with Crippen molar-refractivity contribution in [2.75, 3.05) is 0 Å². The van der Waals surface area contributed by atoms with Crippen LogP contribution >= 0.6 is 11.6 Å². The number of benzene rings is 3. The third-order valence-corrected chi connectivity index (χ3v) is 4.73. The fraction of sp³-hybridized carbons (Fsp3) is 0. The highest BCUT2D eigenvalue weighted by molar-refractivity contribution is 6.31. The van der Waals surface area contributed by atoms with Gasteiger partial charge in [0.2, 0.25) is 0 Å². The van der Waals surface area contributed by atoms with Crippen LogP contribution in [0.1, 0.15) is 0 Å². The molecule has 0 radical (unpaired) electrons. The highest BCUT2D eigenvalue weighted by atomic mass is 35.5. The van der Waals surface area contributed by atoms with Gasteiger partial charge in [0.1, 0.15) is 0 Å². The van der Waals surface area contributed by atoms with Crippen molar-refractivity contribution in [2.45, 2.75) is 0 Å². The maximum absolute atomic E-state index is 6.14. The minimum atomic E-state index is 0.724. The molecule has 26 heavy (non-hydrogen) atoms. The van der Waals surface area contributed by atoms with E-state index in [1.165, 1.54) is 5.39 Å². The Morgan fingerprint density at radius 2 is 1.54 bits per heavy atom. The first-order valence-corrected chi connectivity index (χ1v) is 8.76. The van der Waals surface area contributed by atoms with Crippen molar-refractivity contribution < 1.29 is 0 Å². The average molecular weight is 356 g/mol. The molecular formula is C22H14ClN3. The van der Waals surface area contributed by atoms with Gasteiger partial charge in [-0.15, -0.1) is 5.10 Å². The van der Waals surface area contributed by atoms with Gasteiger partial charge in [-0.25, -0.2) is 9.50 Å². The summed E-state index contributed by atoms with van der Waals surface area (Å²) in [4.78, 5) is 4.61. The van der Waals surface area contributed by atoms with Crippen LogP contribution in [0.2, 0.25) is 5.02 Å². The molecular weight excluding hydrogens is 342 g/mol. The Hall–Kier alpha value is -3.17. The van der Waals surface area contributed by atoms with Crippen molar-refractivity contribution in [2.24, 2.45) is 0 Å². The molecule has 0 atom stereocenters. The van der Waals surface area contributed by atoms with E-state index >= 15 is 0 Å². The second-order valence-electron chi connectivity index (χ2n) is 6.23. The molecule has 0 aliphatic rings. The van der Waals surface area contributed by atoms with Gasteiger partial charge in [0, 0.05) is 16.8 Å². The van der Waals surface area contributed by atoms with Crippen LogP contribution in [0.25, 0.3) is 38.9 Å². The Kier molecular flexibility index (Phi) is 3.47. The summed E-state index contributed by atoms with van der Waals surface area (Å²) in [5.41, 5.74) is 4.11. The van der Waals surface area contributed by atoms with Crippen LogP contribution in [0.15, 0.2) is 85.1 Å². The molecule has 0 spiro atoms. The van der Waals surface area contributed by atoms with Crippen molar-refractivity contribution in [3.05, 3.63) is 90.1 Å². The number of hydrogen-bond donors (Lipinski definition) is 0.